The van der Waals surface area contributed by atoms with Crippen molar-refractivity contribution in [2.75, 3.05) is 12.8 Å². The van der Waals surface area contributed by atoms with E-state index in [1.807, 2.05) is 0 Å². The first kappa shape index (κ1) is 34.5. The average Bonchev–Trinajstić information content (AvgIpc) is 3.33. The smallest absolute Gasteiger partial charge is 0.731 e. The van der Waals surface area contributed by atoms with Crippen molar-refractivity contribution in [3.8, 4) is 0 Å². The minimum Gasteiger partial charge on any atom is -0.731 e. The molecule has 0 unspecified atom stereocenters. The third-order valence-electron chi connectivity index (χ3n) is 5.38. The number of ether oxygens (including phenoxy) is 2. The predicted octanol–water partition coefficient (Wildman–Crippen LogP) is -3.79. The number of non-ortho nitro benzene ring substituents is 1. The molecule has 0 radical (unpaired) electrons. The Bertz CT molecular complexity index is 1530. The summed E-state index contributed by atoms with van der Waals surface area (Å²) < 4.78 is 43.5. The van der Waals surface area contributed by atoms with Gasteiger partial charge in [0.15, 0.2) is 27.2 Å². The van der Waals surface area contributed by atoms with E-state index in [9.17, 15) is 42.3 Å². The fourth-order valence-electron chi connectivity index (χ4n) is 3.25. The molecule has 42 heavy (non-hydrogen) atoms. The number of oxime groups is 1. The number of hydrogen-bond donors (Lipinski definition) is 2. The van der Waals surface area contributed by atoms with Gasteiger partial charge in [0.2, 0.25) is 5.60 Å². The largest absolute Gasteiger partial charge is 1.00 e. The van der Waals surface area contributed by atoms with E-state index in [0.29, 0.717) is 5.56 Å². The molecule has 1 aliphatic heterocycles. The molecule has 1 aromatic heterocycles. The summed E-state index contributed by atoms with van der Waals surface area (Å²) in [5, 5.41) is 17.8. The first-order valence-corrected chi connectivity index (χ1v) is 13.4. The quantitative estimate of drug-likeness (QED) is 0.0456. The van der Waals surface area contributed by atoms with Crippen LogP contribution in [0.2, 0.25) is 0 Å². The van der Waals surface area contributed by atoms with Crippen LogP contribution in [0.5, 0.6) is 0 Å². The number of nitrogens with two attached hydrogens (primary N) is 1. The van der Waals surface area contributed by atoms with E-state index < -0.39 is 62.4 Å². The third-order valence-corrected chi connectivity index (χ3v) is 6.94. The van der Waals surface area contributed by atoms with Gasteiger partial charge in [-0.25, -0.2) is 27.3 Å². The first-order valence-electron chi connectivity index (χ1n) is 11.1. The Labute approximate surface area is 263 Å². The predicted molar refractivity (Wildman–Crippen MR) is 135 cm³/mol. The zero-order valence-corrected chi connectivity index (χ0v) is 26.0. The van der Waals surface area contributed by atoms with Crippen molar-refractivity contribution in [2.24, 2.45) is 5.16 Å². The Kier molecular flexibility index (Phi) is 11.1. The number of nitro groups is 1. The van der Waals surface area contributed by atoms with Gasteiger partial charge in [-0.2, -0.15) is 0 Å². The number of β-lactam (4-membered cyclic amide) rings is 1. The minimum absolute atomic E-state index is 0. The number of thiazole rings is 1. The number of anilines is 1. The molecular weight excluding hydrogens is 615 g/mol. The zero-order chi connectivity index (χ0) is 30.7. The minimum atomic E-state index is -5.41. The second-order valence-corrected chi connectivity index (χ2v) is 10.8. The molecule has 2 atom stereocenters. The van der Waals surface area contributed by atoms with Crippen LogP contribution in [0.4, 0.5) is 10.8 Å². The number of nitro benzene ring substituents is 1. The Hall–Kier alpha value is -3.69. The summed E-state index contributed by atoms with van der Waals surface area (Å²) in [6.45, 7) is 2.22. The zero-order valence-electron chi connectivity index (χ0n) is 22.3. The van der Waals surface area contributed by atoms with Crippen molar-refractivity contribution in [3.63, 3.8) is 0 Å². The van der Waals surface area contributed by atoms with Crippen LogP contribution in [0, 0.1) is 10.1 Å². The molecule has 2 aromatic rings. The van der Waals surface area contributed by atoms with Crippen molar-refractivity contribution in [3.05, 3.63) is 51.0 Å². The summed E-state index contributed by atoms with van der Waals surface area (Å²) >= 11 is 0.897. The van der Waals surface area contributed by atoms with E-state index in [4.69, 9.17) is 15.3 Å². The van der Waals surface area contributed by atoms with Crippen molar-refractivity contribution < 1.29 is 80.9 Å². The van der Waals surface area contributed by atoms with Crippen LogP contribution in [0.1, 0.15) is 25.1 Å². The van der Waals surface area contributed by atoms with Gasteiger partial charge in [0.05, 0.1) is 12.0 Å². The van der Waals surface area contributed by atoms with Crippen LogP contribution >= 0.6 is 11.3 Å². The summed E-state index contributed by atoms with van der Waals surface area (Å²) in [5.74, 6) is -4.86. The third kappa shape index (κ3) is 7.77. The number of methoxy groups -OCH3 is 1. The number of amides is 2. The molecule has 0 aliphatic carbocycles. The van der Waals surface area contributed by atoms with Gasteiger partial charge in [0.1, 0.15) is 18.3 Å². The van der Waals surface area contributed by atoms with E-state index in [1.165, 1.54) is 43.5 Å². The van der Waals surface area contributed by atoms with Gasteiger partial charge < -0.3 is 29.9 Å². The fourth-order valence-corrected chi connectivity index (χ4v) is 4.62. The topological polar surface area (TPSA) is 263 Å². The number of hydrogen-bond acceptors (Lipinski definition) is 16. The van der Waals surface area contributed by atoms with E-state index >= 15 is 0 Å². The van der Waals surface area contributed by atoms with Gasteiger partial charge in [-0.15, -0.1) is 11.3 Å². The first-order chi connectivity index (χ1) is 19.1. The van der Waals surface area contributed by atoms with E-state index in [-0.39, 0.29) is 57.0 Å². The summed E-state index contributed by atoms with van der Waals surface area (Å²) in [6, 6.07) is 1.42. The van der Waals surface area contributed by atoms with Crippen LogP contribution < -0.4 is 40.6 Å². The van der Waals surface area contributed by atoms with Crippen LogP contribution in [-0.4, -0.2) is 81.4 Å². The molecule has 21 heteroatoms. The van der Waals surface area contributed by atoms with Gasteiger partial charge in [-0.3, -0.25) is 19.7 Å². The van der Waals surface area contributed by atoms with Gasteiger partial charge in [-0.1, -0.05) is 5.16 Å². The Morgan fingerprint density at radius 3 is 2.38 bits per heavy atom. The van der Waals surface area contributed by atoms with Crippen molar-refractivity contribution in [1.82, 2.24) is 14.6 Å². The van der Waals surface area contributed by atoms with Gasteiger partial charge in [-0.05, 0) is 31.5 Å². The Balaban J connectivity index is 0.00000616. The number of aromatic nitrogens is 1. The summed E-state index contributed by atoms with van der Waals surface area (Å²) in [4.78, 5) is 69.4. The fraction of sp³-hybridized carbons (Fsp3) is 0.333. The van der Waals surface area contributed by atoms with Crippen molar-refractivity contribution in [2.45, 2.75) is 38.1 Å². The summed E-state index contributed by atoms with van der Waals surface area (Å²) in [7, 11) is -4.53. The number of nitrogens with one attached hydrogen (secondary N) is 1. The van der Waals surface area contributed by atoms with Crippen molar-refractivity contribution in [1.29, 1.82) is 0 Å². The maximum absolute atomic E-state index is 13.1. The molecule has 0 saturated carbocycles. The van der Waals surface area contributed by atoms with Gasteiger partial charge in [0.25, 0.3) is 17.5 Å². The Morgan fingerprint density at radius 1 is 1.26 bits per heavy atom. The second-order valence-electron chi connectivity index (χ2n) is 8.62. The number of nitrogen functional groups attached to an aromatic ring is 1. The monoisotopic (exact) mass is 636 g/mol. The number of rotatable bonds is 11. The molecular formula is C21H21N6NaO12S2. The molecule has 220 valence electrons. The molecule has 2 heterocycles. The number of carbonyl (C=O) groups excluding carboxylic acids is 4. The molecule has 18 nitrogen and oxygen atoms in total. The van der Waals surface area contributed by atoms with Gasteiger partial charge >= 0.3 is 41.5 Å². The van der Waals surface area contributed by atoms with Crippen LogP contribution in [-0.2, 0) is 50.4 Å². The SMILES string of the molecule is COC(=O)[C@H]1[C@@H](NC(=O)C(=NOC(C)(C)C(=O)OCc2ccc([N+](=O)[O-])cc2)c2csc(N)n2)C(=O)N1S(=O)(=O)[O-].[Na+]. The molecule has 0 bridgehead atoms. The number of nitrogens with zero attached hydrogens (tertiary/aromatic N) is 4. The van der Waals surface area contributed by atoms with Gasteiger partial charge in [0, 0.05) is 17.5 Å². The Morgan fingerprint density at radius 2 is 1.88 bits per heavy atom. The maximum atomic E-state index is 13.1. The van der Waals surface area contributed by atoms with Crippen LogP contribution in [0.15, 0.2) is 34.8 Å². The summed E-state index contributed by atoms with van der Waals surface area (Å²) in [6.07, 6.45) is 0. The van der Waals surface area contributed by atoms with Crippen LogP contribution in [0.25, 0.3) is 0 Å². The van der Waals surface area contributed by atoms with E-state index in [1.54, 1.807) is 0 Å². The molecule has 1 aromatic carbocycles. The number of carbonyl (C=O) groups is 4. The van der Waals surface area contributed by atoms with E-state index in [0.717, 1.165) is 18.4 Å². The molecule has 3 rings (SSSR count). The standard InChI is InChI=1S/C21H22N6O12S2.Na/c1-21(2,19(31)38-8-10-4-6-11(7-5-10)27(32)33)39-25-13(12-9-40-20(22)23-12)16(28)24-14-15(18(30)37-3)26(17(14)29)41(34,35)36;/h4-7,9,14-15H,8H2,1-3H3,(H2,22,23)(H,24,28)(H,34,35,36);/q;+1/p-1/t14-,15-;/m1./s1. The average molecular weight is 637 g/mol. The summed E-state index contributed by atoms with van der Waals surface area (Å²) in [5.41, 5.74) is 3.27. The van der Waals surface area contributed by atoms with Crippen molar-refractivity contribution >= 4 is 61.9 Å². The molecule has 3 N–H and O–H groups in total. The molecule has 0 spiro atoms. The second kappa shape index (κ2) is 13.5. The number of benzene rings is 1. The van der Waals surface area contributed by atoms with Crippen LogP contribution in [0.3, 0.4) is 0 Å². The normalized spacial score (nSPS) is 16.9. The number of esters is 2. The molecule has 1 saturated heterocycles. The van der Waals surface area contributed by atoms with E-state index in [2.05, 4.69) is 20.2 Å². The maximum Gasteiger partial charge on any atom is 1.00 e. The molecule has 2 amide bonds. The molecule has 1 aliphatic rings. The molecule has 1 fully saturated rings.